The van der Waals surface area contributed by atoms with Crippen molar-refractivity contribution in [2.24, 2.45) is 0 Å². The third-order valence-corrected chi connectivity index (χ3v) is 6.79. The first-order valence-corrected chi connectivity index (χ1v) is 12.9. The van der Waals surface area contributed by atoms with Gasteiger partial charge in [-0.05, 0) is 106 Å². The lowest BCUT2D eigenvalue weighted by Gasteiger charge is -2.18. The van der Waals surface area contributed by atoms with Gasteiger partial charge in [0.15, 0.2) is 0 Å². The van der Waals surface area contributed by atoms with E-state index in [1.807, 2.05) is 12.1 Å². The minimum absolute atomic E-state index is 0.00905. The number of carbonyl (C=O) groups is 2. The number of esters is 2. The van der Waals surface area contributed by atoms with Crippen molar-refractivity contribution in [1.29, 1.82) is 0 Å². The highest BCUT2D eigenvalue weighted by Gasteiger charge is 2.18. The Morgan fingerprint density at radius 1 is 1.13 bits per heavy atom. The van der Waals surface area contributed by atoms with Crippen LogP contribution in [0.15, 0.2) is 35.2 Å². The average Bonchev–Trinajstić information content (AvgIpc) is 2.65. The summed E-state index contributed by atoms with van der Waals surface area (Å²) < 4.78 is 46.9. The molecule has 2 rings (SSSR count). The molecule has 0 saturated heterocycles. The lowest BCUT2D eigenvalue weighted by molar-refractivity contribution is -0.134. The van der Waals surface area contributed by atoms with Gasteiger partial charge in [-0.1, -0.05) is 13.8 Å². The molecule has 0 saturated carbocycles. The van der Waals surface area contributed by atoms with Gasteiger partial charge < -0.3 is 14.0 Å². The van der Waals surface area contributed by atoms with E-state index in [0.29, 0.717) is 16.7 Å². The van der Waals surface area contributed by atoms with Gasteiger partial charge in [0.05, 0.1) is 17.1 Å². The summed E-state index contributed by atoms with van der Waals surface area (Å²) in [6, 6.07) is 8.02. The topological polar surface area (TPSA) is 110 Å². The van der Waals surface area contributed by atoms with Crippen LogP contribution in [0.5, 0.6) is 5.75 Å². The van der Waals surface area contributed by atoms with Gasteiger partial charge >= 0.3 is 11.9 Å². The first-order valence-electron chi connectivity index (χ1n) is 9.33. The second-order valence-electron chi connectivity index (χ2n) is 7.10. The molecular formula is C21H21I2O7S-. The molecule has 0 fully saturated rings. The van der Waals surface area contributed by atoms with E-state index in [0.717, 1.165) is 7.14 Å². The minimum Gasteiger partial charge on any atom is -0.744 e. The fourth-order valence-corrected chi connectivity index (χ4v) is 5.47. The van der Waals surface area contributed by atoms with Crippen LogP contribution in [-0.2, 0) is 19.6 Å². The number of rotatable bonds is 8. The molecule has 0 amide bonds. The SMILES string of the molecule is Cc1cc(S(=O)(=O)[O-])c(C(C)C)cc1OC(=O)CCCOC(=O)c1ccc(I)cc1I. The van der Waals surface area contributed by atoms with Crippen molar-refractivity contribution in [3.8, 4) is 5.75 Å². The van der Waals surface area contributed by atoms with Crippen LogP contribution in [0.4, 0.5) is 0 Å². The van der Waals surface area contributed by atoms with E-state index in [-0.39, 0.29) is 36.0 Å². The summed E-state index contributed by atoms with van der Waals surface area (Å²) in [7, 11) is -4.64. The zero-order valence-corrected chi connectivity index (χ0v) is 22.2. The summed E-state index contributed by atoms with van der Waals surface area (Å²) in [5, 5.41) is 0. The Bertz CT molecular complexity index is 1100. The van der Waals surface area contributed by atoms with Crippen molar-refractivity contribution in [1.82, 2.24) is 0 Å². The molecule has 0 aromatic heterocycles. The summed E-state index contributed by atoms with van der Waals surface area (Å²) in [5.74, 6) is -1.05. The third kappa shape index (κ3) is 7.39. The van der Waals surface area contributed by atoms with E-state index in [9.17, 15) is 22.6 Å². The van der Waals surface area contributed by atoms with Gasteiger partial charge in [0.1, 0.15) is 15.9 Å². The normalized spacial score (nSPS) is 11.5. The number of hydrogen-bond donors (Lipinski definition) is 0. The van der Waals surface area contributed by atoms with Crippen LogP contribution in [0.1, 0.15) is 54.1 Å². The number of benzene rings is 2. The Morgan fingerprint density at radius 3 is 2.39 bits per heavy atom. The van der Waals surface area contributed by atoms with Crippen molar-refractivity contribution in [2.75, 3.05) is 6.61 Å². The fourth-order valence-electron chi connectivity index (χ4n) is 2.74. The van der Waals surface area contributed by atoms with Gasteiger partial charge in [0.2, 0.25) is 0 Å². The van der Waals surface area contributed by atoms with Crippen LogP contribution in [0.25, 0.3) is 0 Å². The second-order valence-corrected chi connectivity index (χ2v) is 10.9. The predicted octanol–water partition coefficient (Wildman–Crippen LogP) is 4.77. The van der Waals surface area contributed by atoms with E-state index >= 15 is 0 Å². The van der Waals surface area contributed by atoms with Crippen molar-refractivity contribution in [3.05, 3.63) is 54.2 Å². The first kappa shape index (κ1) is 26.0. The van der Waals surface area contributed by atoms with Gasteiger partial charge in [0.25, 0.3) is 0 Å². The van der Waals surface area contributed by atoms with Crippen molar-refractivity contribution < 1.29 is 32.0 Å². The molecule has 0 aliphatic carbocycles. The van der Waals surface area contributed by atoms with E-state index in [1.165, 1.54) is 12.1 Å². The number of carbonyl (C=O) groups excluding carboxylic acids is 2. The molecule has 0 unspecified atom stereocenters. The van der Waals surface area contributed by atoms with Crippen molar-refractivity contribution in [2.45, 2.75) is 44.4 Å². The molecule has 0 aliphatic rings. The highest BCUT2D eigenvalue weighted by Crippen LogP contribution is 2.31. The van der Waals surface area contributed by atoms with Gasteiger partial charge in [-0.2, -0.15) is 0 Å². The lowest BCUT2D eigenvalue weighted by Crippen LogP contribution is -2.13. The molecule has 168 valence electrons. The first-order chi connectivity index (χ1) is 14.4. The molecular weight excluding hydrogens is 650 g/mol. The quantitative estimate of drug-likeness (QED) is 0.131. The maximum Gasteiger partial charge on any atom is 0.339 e. The molecule has 31 heavy (non-hydrogen) atoms. The van der Waals surface area contributed by atoms with Crippen LogP contribution in [-0.4, -0.2) is 31.5 Å². The Hall–Kier alpha value is -1.25. The van der Waals surface area contributed by atoms with Gasteiger partial charge in [-0.3, -0.25) is 4.79 Å². The predicted molar refractivity (Wildman–Crippen MR) is 130 cm³/mol. The molecule has 2 aromatic rings. The van der Waals surface area contributed by atoms with Gasteiger partial charge in [-0.25, -0.2) is 13.2 Å². The smallest absolute Gasteiger partial charge is 0.339 e. The van der Waals surface area contributed by atoms with E-state index in [1.54, 1.807) is 26.8 Å². The Morgan fingerprint density at radius 2 is 1.81 bits per heavy atom. The molecule has 10 heteroatoms. The zero-order chi connectivity index (χ0) is 23.3. The highest BCUT2D eigenvalue weighted by atomic mass is 127. The largest absolute Gasteiger partial charge is 0.744 e. The molecule has 0 heterocycles. The molecule has 2 aromatic carbocycles. The second kappa shape index (κ2) is 11.1. The summed E-state index contributed by atoms with van der Waals surface area (Å²) in [6.45, 7) is 5.10. The maximum atomic E-state index is 12.2. The van der Waals surface area contributed by atoms with Crippen LogP contribution in [0.3, 0.4) is 0 Å². The third-order valence-electron chi connectivity index (χ3n) is 4.33. The Kier molecular flexibility index (Phi) is 9.27. The summed E-state index contributed by atoms with van der Waals surface area (Å²) in [5.41, 5.74) is 1.13. The molecule has 0 spiro atoms. The molecule has 0 bridgehead atoms. The molecule has 7 nitrogen and oxygen atoms in total. The maximum absolute atomic E-state index is 12.2. The number of aryl methyl sites for hydroxylation is 1. The monoisotopic (exact) mass is 671 g/mol. The standard InChI is InChI=1S/C21H22I2O7S/c1-12(2)16-11-18(13(3)9-19(16)31(26,27)28)30-20(24)5-4-8-29-21(25)15-7-6-14(22)10-17(15)23/h6-7,9-12H,4-5,8H2,1-3H3,(H,26,27,28)/p-1. The van der Waals surface area contributed by atoms with Crippen LogP contribution in [0, 0.1) is 14.1 Å². The molecule has 0 radical (unpaired) electrons. The minimum atomic E-state index is -4.64. The van der Waals surface area contributed by atoms with Crippen LogP contribution in [0.2, 0.25) is 0 Å². The number of halogens is 2. The summed E-state index contributed by atoms with van der Waals surface area (Å²) >= 11 is 4.22. The lowest BCUT2D eigenvalue weighted by atomic mass is 10.0. The molecule has 0 atom stereocenters. The molecule has 0 aliphatic heterocycles. The molecule has 0 N–H and O–H groups in total. The Balaban J connectivity index is 1.95. The van der Waals surface area contributed by atoms with Crippen LogP contribution < -0.4 is 4.74 Å². The van der Waals surface area contributed by atoms with Crippen molar-refractivity contribution >= 4 is 67.2 Å². The zero-order valence-electron chi connectivity index (χ0n) is 17.1. The van der Waals surface area contributed by atoms with E-state index in [4.69, 9.17) is 9.47 Å². The van der Waals surface area contributed by atoms with E-state index in [2.05, 4.69) is 45.2 Å². The van der Waals surface area contributed by atoms with Gasteiger partial charge in [-0.15, -0.1) is 0 Å². The fraction of sp³-hybridized carbons (Fsp3) is 0.333. The Labute approximate surface area is 208 Å². The summed E-state index contributed by atoms with van der Waals surface area (Å²) in [4.78, 5) is 24.0. The number of ether oxygens (including phenoxy) is 2. The van der Waals surface area contributed by atoms with Crippen molar-refractivity contribution in [3.63, 3.8) is 0 Å². The number of hydrogen-bond acceptors (Lipinski definition) is 7. The summed E-state index contributed by atoms with van der Waals surface area (Å²) in [6.07, 6.45) is 0.281. The average molecular weight is 671 g/mol. The van der Waals surface area contributed by atoms with Crippen LogP contribution >= 0.6 is 45.2 Å². The van der Waals surface area contributed by atoms with Gasteiger partial charge in [0, 0.05) is 13.6 Å². The van der Waals surface area contributed by atoms with E-state index < -0.39 is 22.1 Å². The highest BCUT2D eigenvalue weighted by molar-refractivity contribution is 14.1.